The maximum absolute atomic E-state index is 12.8. The summed E-state index contributed by atoms with van der Waals surface area (Å²) in [5.74, 6) is -0.777. The highest BCUT2D eigenvalue weighted by atomic mass is 19.1. The summed E-state index contributed by atoms with van der Waals surface area (Å²) < 4.78 is 17.3. The van der Waals surface area contributed by atoms with Crippen LogP contribution in [-0.4, -0.2) is 19.1 Å². The third kappa shape index (κ3) is 4.04. The Morgan fingerprint density at radius 2 is 1.62 bits per heavy atom. The Labute approximate surface area is 120 Å². The van der Waals surface area contributed by atoms with E-state index in [4.69, 9.17) is 0 Å². The van der Waals surface area contributed by atoms with Crippen molar-refractivity contribution in [3.8, 4) is 0 Å². The maximum Gasteiger partial charge on any atom is 0.411 e. The van der Waals surface area contributed by atoms with Gasteiger partial charge in [-0.25, -0.2) is 9.18 Å². The number of benzene rings is 2. The Balaban J connectivity index is 2.08. The smallest absolute Gasteiger partial charge is 0.411 e. The lowest BCUT2D eigenvalue weighted by atomic mass is 10.2. The van der Waals surface area contributed by atoms with Gasteiger partial charge in [0.2, 0.25) is 0 Å². The van der Waals surface area contributed by atoms with Gasteiger partial charge in [0, 0.05) is 16.9 Å². The molecular weight excluding hydrogens is 275 g/mol. The molecule has 2 aromatic rings. The third-order valence-corrected chi connectivity index (χ3v) is 2.66. The molecule has 108 valence electrons. The van der Waals surface area contributed by atoms with E-state index >= 15 is 0 Å². The van der Waals surface area contributed by atoms with Crippen molar-refractivity contribution in [2.24, 2.45) is 0 Å². The molecule has 0 aliphatic carbocycles. The minimum Gasteiger partial charge on any atom is -0.453 e. The van der Waals surface area contributed by atoms with Gasteiger partial charge in [0.1, 0.15) is 5.82 Å². The molecule has 2 amide bonds. The minimum atomic E-state index is -0.600. The van der Waals surface area contributed by atoms with E-state index in [2.05, 4.69) is 15.4 Å². The summed E-state index contributed by atoms with van der Waals surface area (Å²) in [7, 11) is 1.26. The van der Waals surface area contributed by atoms with E-state index in [9.17, 15) is 14.0 Å². The van der Waals surface area contributed by atoms with Crippen LogP contribution in [0.5, 0.6) is 0 Å². The van der Waals surface area contributed by atoms with Crippen LogP contribution in [0.15, 0.2) is 48.5 Å². The second kappa shape index (κ2) is 6.51. The fourth-order valence-corrected chi connectivity index (χ4v) is 1.65. The molecule has 2 N–H and O–H groups in total. The van der Waals surface area contributed by atoms with Crippen molar-refractivity contribution in [2.75, 3.05) is 17.7 Å². The molecule has 0 radical (unpaired) electrons. The predicted molar refractivity (Wildman–Crippen MR) is 76.8 cm³/mol. The van der Waals surface area contributed by atoms with Gasteiger partial charge in [-0.15, -0.1) is 0 Å². The fraction of sp³-hybridized carbons (Fsp3) is 0.0667. The number of ether oxygens (including phenoxy) is 1. The molecule has 2 aromatic carbocycles. The number of hydrogen-bond acceptors (Lipinski definition) is 3. The molecule has 0 atom stereocenters. The van der Waals surface area contributed by atoms with Crippen molar-refractivity contribution in [1.82, 2.24) is 0 Å². The van der Waals surface area contributed by atoms with Crippen LogP contribution in [0.1, 0.15) is 10.4 Å². The van der Waals surface area contributed by atoms with Crippen LogP contribution >= 0.6 is 0 Å². The number of hydrogen-bond donors (Lipinski definition) is 2. The van der Waals surface area contributed by atoms with Gasteiger partial charge in [-0.3, -0.25) is 10.1 Å². The molecule has 0 saturated heterocycles. The molecule has 0 fully saturated rings. The van der Waals surface area contributed by atoms with Crippen LogP contribution in [0.2, 0.25) is 0 Å². The van der Waals surface area contributed by atoms with Crippen molar-refractivity contribution in [2.45, 2.75) is 0 Å². The molecule has 5 nitrogen and oxygen atoms in total. The summed E-state index contributed by atoms with van der Waals surface area (Å²) in [5.41, 5.74) is 1.32. The Kier molecular flexibility index (Phi) is 4.50. The average molecular weight is 288 g/mol. The molecule has 0 saturated carbocycles. The first-order valence-corrected chi connectivity index (χ1v) is 6.10. The number of carbonyl (C=O) groups is 2. The van der Waals surface area contributed by atoms with Crippen LogP contribution in [0.25, 0.3) is 0 Å². The lowest BCUT2D eigenvalue weighted by Crippen LogP contribution is -2.13. The van der Waals surface area contributed by atoms with Crippen molar-refractivity contribution < 1.29 is 18.7 Å². The second-order valence-electron chi connectivity index (χ2n) is 4.16. The van der Waals surface area contributed by atoms with Crippen LogP contribution in [0.4, 0.5) is 20.6 Å². The first-order chi connectivity index (χ1) is 10.1. The Bertz CT molecular complexity index is 656. The highest BCUT2D eigenvalue weighted by Gasteiger charge is 2.07. The summed E-state index contributed by atoms with van der Waals surface area (Å²) in [6.07, 6.45) is -0.600. The average Bonchev–Trinajstić information content (AvgIpc) is 2.48. The standard InChI is InChI=1S/C15H13FN2O3/c1-21-15(20)18-13-4-2-3-12(9-13)17-14(19)10-5-7-11(16)8-6-10/h2-9H,1H3,(H,17,19)(H,18,20). The van der Waals surface area contributed by atoms with Gasteiger partial charge in [0.25, 0.3) is 5.91 Å². The molecule has 0 aliphatic rings. The first kappa shape index (κ1) is 14.5. The van der Waals surface area contributed by atoms with E-state index in [1.807, 2.05) is 0 Å². The molecule has 2 rings (SSSR count). The number of rotatable bonds is 3. The van der Waals surface area contributed by atoms with Crippen molar-refractivity contribution in [3.05, 3.63) is 59.9 Å². The van der Waals surface area contributed by atoms with E-state index in [1.54, 1.807) is 24.3 Å². The SMILES string of the molecule is COC(=O)Nc1cccc(NC(=O)c2ccc(F)cc2)c1. The lowest BCUT2D eigenvalue weighted by Gasteiger charge is -2.08. The number of methoxy groups -OCH3 is 1. The number of anilines is 2. The molecule has 0 heterocycles. The molecular formula is C15H13FN2O3. The van der Waals surface area contributed by atoms with Gasteiger partial charge in [-0.2, -0.15) is 0 Å². The van der Waals surface area contributed by atoms with Crippen molar-refractivity contribution in [1.29, 1.82) is 0 Å². The number of carbonyl (C=O) groups excluding carboxylic acids is 2. The first-order valence-electron chi connectivity index (χ1n) is 6.10. The van der Waals surface area contributed by atoms with Crippen LogP contribution < -0.4 is 10.6 Å². The molecule has 0 aromatic heterocycles. The number of halogens is 1. The minimum absolute atomic E-state index is 0.336. The van der Waals surface area contributed by atoms with E-state index in [0.717, 1.165) is 0 Å². The summed E-state index contributed by atoms with van der Waals surface area (Å²) in [6.45, 7) is 0. The summed E-state index contributed by atoms with van der Waals surface area (Å²) in [6, 6.07) is 11.8. The maximum atomic E-state index is 12.8. The Morgan fingerprint density at radius 3 is 2.24 bits per heavy atom. The van der Waals surface area contributed by atoms with Gasteiger partial charge in [-0.05, 0) is 42.5 Å². The van der Waals surface area contributed by atoms with Gasteiger partial charge < -0.3 is 10.1 Å². The van der Waals surface area contributed by atoms with E-state index in [-0.39, 0.29) is 5.91 Å². The van der Waals surface area contributed by atoms with Gasteiger partial charge >= 0.3 is 6.09 Å². The lowest BCUT2D eigenvalue weighted by molar-refractivity contribution is 0.102. The van der Waals surface area contributed by atoms with Crippen molar-refractivity contribution >= 4 is 23.4 Å². The molecule has 0 aliphatic heterocycles. The predicted octanol–water partition coefficient (Wildman–Crippen LogP) is 3.26. The van der Waals surface area contributed by atoms with Crippen LogP contribution in [0.3, 0.4) is 0 Å². The number of nitrogens with one attached hydrogen (secondary N) is 2. The van der Waals surface area contributed by atoms with Crippen molar-refractivity contribution in [3.63, 3.8) is 0 Å². The van der Waals surface area contributed by atoms with Crippen LogP contribution in [0, 0.1) is 5.82 Å². The third-order valence-electron chi connectivity index (χ3n) is 2.66. The molecule has 0 unspecified atom stereocenters. The summed E-state index contributed by atoms with van der Waals surface area (Å²) in [4.78, 5) is 23.1. The zero-order chi connectivity index (χ0) is 15.2. The van der Waals surface area contributed by atoms with Gasteiger partial charge in [0.05, 0.1) is 7.11 Å². The highest BCUT2D eigenvalue weighted by molar-refractivity contribution is 6.04. The van der Waals surface area contributed by atoms with Crippen LogP contribution in [-0.2, 0) is 4.74 Å². The molecule has 6 heteroatoms. The van der Waals surface area contributed by atoms with E-state index in [0.29, 0.717) is 16.9 Å². The Morgan fingerprint density at radius 1 is 1.00 bits per heavy atom. The molecule has 0 spiro atoms. The number of amides is 2. The zero-order valence-corrected chi connectivity index (χ0v) is 11.2. The van der Waals surface area contributed by atoms with Gasteiger partial charge in [0.15, 0.2) is 0 Å². The fourth-order valence-electron chi connectivity index (χ4n) is 1.65. The van der Waals surface area contributed by atoms with Gasteiger partial charge in [-0.1, -0.05) is 6.07 Å². The monoisotopic (exact) mass is 288 g/mol. The quantitative estimate of drug-likeness (QED) is 0.911. The van der Waals surface area contributed by atoms with E-state index in [1.165, 1.54) is 31.4 Å². The normalized spacial score (nSPS) is 9.81. The molecule has 0 bridgehead atoms. The summed E-state index contributed by atoms with van der Waals surface area (Å²) in [5, 5.41) is 5.15. The summed E-state index contributed by atoms with van der Waals surface area (Å²) >= 11 is 0. The largest absolute Gasteiger partial charge is 0.453 e. The molecule has 21 heavy (non-hydrogen) atoms. The topological polar surface area (TPSA) is 67.4 Å². The second-order valence-corrected chi connectivity index (χ2v) is 4.16. The Hall–Kier alpha value is -2.89. The van der Waals surface area contributed by atoms with E-state index < -0.39 is 11.9 Å². The zero-order valence-electron chi connectivity index (χ0n) is 11.2. The highest BCUT2D eigenvalue weighted by Crippen LogP contribution is 2.16.